The Morgan fingerprint density at radius 1 is 0.882 bits per heavy atom. The number of nitro benzene ring substituents is 2. The molecule has 0 spiro atoms. The number of hydrogen-bond donors (Lipinski definition) is 1. The maximum atomic E-state index is 13.1. The summed E-state index contributed by atoms with van der Waals surface area (Å²) < 4.78 is 44.4. The fourth-order valence-corrected chi connectivity index (χ4v) is 7.43. The average Bonchev–Trinajstić information content (AvgIpc) is 3.76. The lowest BCUT2D eigenvalue weighted by atomic mass is 10.0. The number of carbonyl (C=O) groups excluding carboxylic acids is 2. The fraction of sp³-hybridized carbons (Fsp3) is 0.303. The van der Waals surface area contributed by atoms with Gasteiger partial charge in [-0.3, -0.25) is 20.2 Å². The summed E-state index contributed by atoms with van der Waals surface area (Å²) in [7, 11) is -4.12. The second kappa shape index (κ2) is 13.3. The monoisotopic (exact) mass is 720 g/mol. The third-order valence-corrected chi connectivity index (χ3v) is 9.86. The molecule has 3 aromatic carbocycles. The predicted octanol–water partition coefficient (Wildman–Crippen LogP) is 6.90. The van der Waals surface area contributed by atoms with E-state index in [-0.39, 0.29) is 34.5 Å². The van der Waals surface area contributed by atoms with Crippen LogP contribution in [0.1, 0.15) is 57.2 Å². The molecule has 1 amide bonds. The van der Waals surface area contributed by atoms with Crippen LogP contribution in [0.4, 0.5) is 38.2 Å². The summed E-state index contributed by atoms with van der Waals surface area (Å²) in [5.74, 6) is 0.217. The molecule has 1 fully saturated rings. The van der Waals surface area contributed by atoms with Crippen molar-refractivity contribution in [3.05, 3.63) is 104 Å². The van der Waals surface area contributed by atoms with Gasteiger partial charge in [-0.25, -0.2) is 22.7 Å². The van der Waals surface area contributed by atoms with E-state index in [9.17, 15) is 38.2 Å². The van der Waals surface area contributed by atoms with Crippen LogP contribution in [-0.4, -0.2) is 46.4 Å². The summed E-state index contributed by atoms with van der Waals surface area (Å²) in [6, 6.07) is 16.4. The van der Waals surface area contributed by atoms with E-state index in [1.165, 1.54) is 42.5 Å². The Hall–Kier alpha value is -6.04. The minimum absolute atomic E-state index is 0.0354. The van der Waals surface area contributed by atoms with E-state index in [2.05, 4.69) is 5.32 Å². The fourth-order valence-electron chi connectivity index (χ4n) is 5.93. The predicted molar refractivity (Wildman–Crippen MR) is 182 cm³/mol. The van der Waals surface area contributed by atoms with Gasteiger partial charge in [0.25, 0.3) is 11.4 Å². The highest BCUT2D eigenvalue weighted by Gasteiger charge is 2.40. The molecule has 0 unspecified atom stereocenters. The molecular weight excluding hydrogens is 688 g/mol. The van der Waals surface area contributed by atoms with Crippen molar-refractivity contribution in [2.45, 2.75) is 63.3 Å². The van der Waals surface area contributed by atoms with Crippen molar-refractivity contribution < 1.29 is 42.1 Å². The average molecular weight is 721 g/mol. The maximum Gasteiger partial charge on any atom is 0.514 e. The first-order valence-corrected chi connectivity index (χ1v) is 17.3. The number of amides is 1. The molecule has 0 bridgehead atoms. The number of nitrogens with one attached hydrogen (secondary N) is 1. The van der Waals surface area contributed by atoms with E-state index in [1.54, 1.807) is 12.1 Å². The standard InChI is InChI=1S/C33H32N6O11S/c1-33(2,3)37-30(18-28(35-37)20-4-10-27(17-20)50-32(41)49-26-13-8-24(9-14-26)39(44)45)34-22-5-15-29-21(16-22)19-51(46,47)36(29)31(40)48-25-11-6-23(7-12-25)38(42)43/h5-9,11-16,18,20,27,34H,4,10,17,19H2,1-3H3/t20-,27+/m0/s1. The Morgan fingerprint density at radius 3 is 2.08 bits per heavy atom. The lowest BCUT2D eigenvalue weighted by Gasteiger charge is -2.23. The number of benzene rings is 3. The molecule has 4 aromatic rings. The van der Waals surface area contributed by atoms with Gasteiger partial charge in [-0.15, -0.1) is 0 Å². The molecule has 0 radical (unpaired) electrons. The van der Waals surface area contributed by atoms with Gasteiger partial charge in [0.15, 0.2) is 0 Å². The van der Waals surface area contributed by atoms with Crippen molar-refractivity contribution in [1.29, 1.82) is 0 Å². The Balaban J connectivity index is 1.13. The molecule has 18 heteroatoms. The number of anilines is 3. The van der Waals surface area contributed by atoms with Crippen molar-refractivity contribution in [3.63, 3.8) is 0 Å². The lowest BCUT2D eigenvalue weighted by Crippen LogP contribution is -2.35. The molecular formula is C33H32N6O11S. The molecule has 1 aliphatic carbocycles. The van der Waals surface area contributed by atoms with Gasteiger partial charge in [0.2, 0.25) is 10.0 Å². The number of fused-ring (bicyclic) bond motifs is 1. The minimum atomic E-state index is -4.12. The van der Waals surface area contributed by atoms with Crippen LogP contribution in [-0.2, 0) is 26.1 Å². The second-order valence-corrected chi connectivity index (χ2v) is 14.8. The Labute approximate surface area is 291 Å². The summed E-state index contributed by atoms with van der Waals surface area (Å²) in [5, 5.41) is 30.0. The van der Waals surface area contributed by atoms with Gasteiger partial charge in [0.1, 0.15) is 23.4 Å². The molecule has 2 aliphatic rings. The van der Waals surface area contributed by atoms with E-state index in [0.717, 1.165) is 17.8 Å². The van der Waals surface area contributed by atoms with Crippen LogP contribution in [0.25, 0.3) is 0 Å². The minimum Gasteiger partial charge on any atom is -0.431 e. The van der Waals surface area contributed by atoms with Gasteiger partial charge >= 0.3 is 12.2 Å². The topological polar surface area (TPSA) is 215 Å². The van der Waals surface area contributed by atoms with Crippen molar-refractivity contribution >= 4 is 50.8 Å². The van der Waals surface area contributed by atoms with Gasteiger partial charge < -0.3 is 19.5 Å². The molecule has 1 saturated carbocycles. The largest absolute Gasteiger partial charge is 0.514 e. The number of nitro groups is 2. The summed E-state index contributed by atoms with van der Waals surface area (Å²) in [6.45, 7) is 5.94. The zero-order chi connectivity index (χ0) is 36.7. The van der Waals surface area contributed by atoms with Crippen molar-refractivity contribution in [1.82, 2.24) is 9.78 Å². The van der Waals surface area contributed by atoms with Crippen LogP contribution in [0.3, 0.4) is 0 Å². The quantitative estimate of drug-likeness (QED) is 0.0849. The van der Waals surface area contributed by atoms with Crippen LogP contribution >= 0.6 is 0 Å². The molecule has 1 aliphatic heterocycles. The van der Waals surface area contributed by atoms with E-state index in [0.29, 0.717) is 40.6 Å². The van der Waals surface area contributed by atoms with Gasteiger partial charge in [-0.2, -0.15) is 9.40 Å². The third kappa shape index (κ3) is 7.59. The molecule has 2 heterocycles. The van der Waals surface area contributed by atoms with Crippen LogP contribution < -0.4 is 19.1 Å². The number of carbonyl (C=O) groups is 2. The normalized spacial score (nSPS) is 17.7. The zero-order valence-electron chi connectivity index (χ0n) is 27.5. The maximum absolute atomic E-state index is 13.1. The number of aromatic nitrogens is 2. The molecule has 1 aromatic heterocycles. The highest BCUT2D eigenvalue weighted by molar-refractivity contribution is 7.93. The third-order valence-electron chi connectivity index (χ3n) is 8.28. The van der Waals surface area contributed by atoms with Crippen molar-refractivity contribution in [2.75, 3.05) is 9.62 Å². The van der Waals surface area contributed by atoms with E-state index < -0.39 is 49.5 Å². The summed E-state index contributed by atoms with van der Waals surface area (Å²) in [6.07, 6.45) is -0.735. The second-order valence-electron chi connectivity index (χ2n) is 13.0. The molecule has 0 saturated heterocycles. The number of rotatable bonds is 8. The van der Waals surface area contributed by atoms with Gasteiger partial charge in [-0.1, -0.05) is 0 Å². The van der Waals surface area contributed by atoms with Gasteiger partial charge in [0.05, 0.1) is 32.5 Å². The van der Waals surface area contributed by atoms with Crippen LogP contribution in [0.2, 0.25) is 0 Å². The van der Waals surface area contributed by atoms with Crippen molar-refractivity contribution in [2.24, 2.45) is 0 Å². The number of ether oxygens (including phenoxy) is 3. The number of sulfonamides is 1. The smallest absolute Gasteiger partial charge is 0.431 e. The molecule has 2 atom stereocenters. The number of non-ortho nitro benzene ring substituents is 2. The summed E-state index contributed by atoms with van der Waals surface area (Å²) in [4.78, 5) is 46.0. The molecule has 6 rings (SSSR count). The lowest BCUT2D eigenvalue weighted by molar-refractivity contribution is -0.385. The van der Waals surface area contributed by atoms with Gasteiger partial charge in [0, 0.05) is 41.9 Å². The summed E-state index contributed by atoms with van der Waals surface area (Å²) >= 11 is 0. The first kappa shape index (κ1) is 34.8. The number of nitrogens with zero attached hydrogens (tertiary/aromatic N) is 5. The Morgan fingerprint density at radius 2 is 1.49 bits per heavy atom. The molecule has 51 heavy (non-hydrogen) atoms. The Kier molecular flexibility index (Phi) is 9.11. The molecule has 17 nitrogen and oxygen atoms in total. The molecule has 266 valence electrons. The Bertz CT molecular complexity index is 2130. The van der Waals surface area contributed by atoms with E-state index in [4.69, 9.17) is 19.3 Å². The first-order chi connectivity index (χ1) is 24.1. The van der Waals surface area contributed by atoms with Crippen molar-refractivity contribution in [3.8, 4) is 11.5 Å². The van der Waals surface area contributed by atoms with E-state index >= 15 is 0 Å². The highest BCUT2D eigenvalue weighted by atomic mass is 32.2. The van der Waals surface area contributed by atoms with Crippen LogP contribution in [0.5, 0.6) is 11.5 Å². The zero-order valence-corrected chi connectivity index (χ0v) is 28.4. The van der Waals surface area contributed by atoms with Crippen LogP contribution in [0.15, 0.2) is 72.8 Å². The molecule has 1 N–H and O–H groups in total. The summed E-state index contributed by atoms with van der Waals surface area (Å²) in [5.41, 5.74) is 1.01. The highest BCUT2D eigenvalue weighted by Crippen LogP contribution is 2.40. The van der Waals surface area contributed by atoms with E-state index in [1.807, 2.05) is 31.5 Å². The first-order valence-electron chi connectivity index (χ1n) is 15.7. The van der Waals surface area contributed by atoms with Crippen LogP contribution in [0, 0.1) is 20.2 Å². The SMILES string of the molecule is CC(C)(C)n1nc([C@H]2CC[C@@H](OC(=O)Oc3ccc([N+](=O)[O-])cc3)C2)cc1Nc1ccc2c(c1)CS(=O)(=O)N2C(=O)Oc1ccc([N+](=O)[O-])cc1. The number of hydrogen-bond acceptors (Lipinski definition) is 13. The van der Waals surface area contributed by atoms with Gasteiger partial charge in [-0.05, 0) is 88.1 Å².